The Morgan fingerprint density at radius 1 is 1.33 bits per heavy atom. The zero-order valence-corrected chi connectivity index (χ0v) is 13.5. The van der Waals surface area contributed by atoms with Gasteiger partial charge in [0.05, 0.1) is 7.11 Å². The Hall–Kier alpha value is -0.328. The zero-order valence-electron chi connectivity index (χ0n) is 8.78. The first kappa shape index (κ1) is 14.7. The molecule has 15 heavy (non-hydrogen) atoms. The van der Waals surface area contributed by atoms with Crippen LogP contribution in [0.5, 0.6) is 0 Å². The number of benzene rings is 1. The van der Waals surface area contributed by atoms with E-state index in [1.165, 1.54) is 7.11 Å². The van der Waals surface area contributed by atoms with Gasteiger partial charge in [0.1, 0.15) is 0 Å². The third-order valence-electron chi connectivity index (χ3n) is 1.83. The molecule has 0 saturated carbocycles. The van der Waals surface area contributed by atoms with E-state index in [0.717, 1.165) is 11.6 Å². The third kappa shape index (κ3) is 4.81. The molecule has 0 fully saturated rings. The van der Waals surface area contributed by atoms with Gasteiger partial charge >= 0.3 is 5.97 Å². The Morgan fingerprint density at radius 2 is 1.87 bits per heavy atom. The van der Waals surface area contributed by atoms with E-state index in [1.54, 1.807) is 12.1 Å². The summed E-state index contributed by atoms with van der Waals surface area (Å²) in [7, 11) is 1.29. The van der Waals surface area contributed by atoms with E-state index < -0.39 is 5.97 Å². The number of nitrogens with one attached hydrogen (secondary N) is 1. The molecule has 3 nitrogen and oxygen atoms in total. The van der Waals surface area contributed by atoms with Crippen LogP contribution >= 0.6 is 0 Å². The zero-order chi connectivity index (χ0) is 10.6. The normalized spacial score (nSPS) is 10.4. The third-order valence-corrected chi connectivity index (χ3v) is 1.83. The molecule has 0 bridgehead atoms. The Kier molecular flexibility index (Phi) is 6.88. The fraction of sp³-hybridized carbons (Fsp3) is 0.182. The van der Waals surface area contributed by atoms with Crippen LogP contribution in [-0.2, 0) is 9.53 Å². The summed E-state index contributed by atoms with van der Waals surface area (Å²) in [6.45, 7) is 1.97. The molecule has 0 heterocycles. The predicted molar refractivity (Wildman–Crippen MR) is 55.5 cm³/mol. The van der Waals surface area contributed by atoms with E-state index in [4.69, 9.17) is 5.73 Å². The van der Waals surface area contributed by atoms with Gasteiger partial charge in [-0.3, -0.25) is 0 Å². The fourth-order valence-electron chi connectivity index (χ4n) is 0.993. The van der Waals surface area contributed by atoms with E-state index in [1.807, 2.05) is 19.1 Å². The maximum atomic E-state index is 10.8. The second-order valence-corrected chi connectivity index (χ2v) is 2.95. The molecule has 1 N–H and O–H groups in total. The number of methoxy groups -OCH3 is 1. The van der Waals surface area contributed by atoms with Crippen molar-refractivity contribution in [1.29, 1.82) is 0 Å². The number of esters is 1. The van der Waals surface area contributed by atoms with Gasteiger partial charge in [0.2, 0.25) is 0 Å². The molecule has 77 valence electrons. The van der Waals surface area contributed by atoms with Crippen LogP contribution < -0.4 is 0 Å². The minimum Gasteiger partial charge on any atom is -0.698 e. The second-order valence-electron chi connectivity index (χ2n) is 2.95. The predicted octanol–water partition coefficient (Wildman–Crippen LogP) is 2.56. The molecule has 0 unspecified atom stereocenters. The first-order valence-electron chi connectivity index (χ1n) is 4.22. The van der Waals surface area contributed by atoms with Crippen LogP contribution in [0.1, 0.15) is 11.1 Å². The largest absolute Gasteiger partial charge is 0.698 e. The second kappa shape index (κ2) is 7.03. The molecular formula is C11H12AcNO2-. The Labute approximate surface area is 125 Å². The van der Waals surface area contributed by atoms with Crippen LogP contribution in [0.4, 0.5) is 0 Å². The smallest absolute Gasteiger partial charge is 0.329 e. The van der Waals surface area contributed by atoms with Crippen LogP contribution in [0.2, 0.25) is 0 Å². The molecule has 4 heteroatoms. The van der Waals surface area contributed by atoms with Gasteiger partial charge in [-0.15, -0.1) is 5.70 Å². The number of rotatable bonds is 2. The molecule has 0 saturated heterocycles. The van der Waals surface area contributed by atoms with E-state index in [0.29, 0.717) is 5.56 Å². The van der Waals surface area contributed by atoms with Crippen molar-refractivity contribution in [3.05, 3.63) is 47.2 Å². The Bertz CT molecular complexity index is 357. The van der Waals surface area contributed by atoms with Crippen molar-refractivity contribution >= 4 is 11.7 Å². The molecule has 1 aromatic rings. The SMILES string of the molecule is COC(=O)/C=C(\[NH-])c1ccc(C)cc1.[Ac]. The molecule has 1 radical (unpaired) electrons. The van der Waals surface area contributed by atoms with Crippen molar-refractivity contribution in [2.75, 3.05) is 7.11 Å². The summed E-state index contributed by atoms with van der Waals surface area (Å²) in [5, 5.41) is 0. The van der Waals surface area contributed by atoms with Gasteiger partial charge in [-0.1, -0.05) is 29.8 Å². The van der Waals surface area contributed by atoms with Gasteiger partial charge in [0.25, 0.3) is 0 Å². The van der Waals surface area contributed by atoms with Crippen molar-refractivity contribution in [3.8, 4) is 0 Å². The average molecular weight is 417 g/mol. The summed E-state index contributed by atoms with van der Waals surface area (Å²) in [5.74, 6) is -0.504. The molecular weight excluding hydrogens is 405 g/mol. The van der Waals surface area contributed by atoms with Crippen LogP contribution in [-0.4, -0.2) is 13.1 Å². The maximum absolute atomic E-state index is 10.8. The van der Waals surface area contributed by atoms with E-state index in [9.17, 15) is 4.79 Å². The van der Waals surface area contributed by atoms with Crippen molar-refractivity contribution in [2.24, 2.45) is 0 Å². The van der Waals surface area contributed by atoms with Gasteiger partial charge < -0.3 is 10.5 Å². The van der Waals surface area contributed by atoms with E-state index in [-0.39, 0.29) is 49.8 Å². The minimum absolute atomic E-state index is 0. The van der Waals surface area contributed by atoms with Crippen LogP contribution in [0, 0.1) is 51.0 Å². The summed E-state index contributed by atoms with van der Waals surface area (Å²) in [5.41, 5.74) is 9.58. The van der Waals surface area contributed by atoms with Gasteiger partial charge in [0, 0.05) is 50.1 Å². The molecule has 0 aromatic heterocycles. The number of ether oxygens (including phenoxy) is 1. The summed E-state index contributed by atoms with van der Waals surface area (Å²) in [6, 6.07) is 7.40. The molecule has 0 aliphatic rings. The molecule has 0 amide bonds. The first-order chi connectivity index (χ1) is 6.63. The van der Waals surface area contributed by atoms with E-state index >= 15 is 0 Å². The molecule has 0 atom stereocenters. The quantitative estimate of drug-likeness (QED) is 0.549. The summed E-state index contributed by atoms with van der Waals surface area (Å²) in [4.78, 5) is 10.8. The van der Waals surface area contributed by atoms with Crippen molar-refractivity contribution in [2.45, 2.75) is 6.92 Å². The monoisotopic (exact) mass is 417 g/mol. The van der Waals surface area contributed by atoms with Crippen LogP contribution in [0.25, 0.3) is 11.4 Å². The summed E-state index contributed by atoms with van der Waals surface area (Å²) >= 11 is 0. The van der Waals surface area contributed by atoms with Crippen LogP contribution in [0.3, 0.4) is 0 Å². The number of hydrogen-bond acceptors (Lipinski definition) is 2. The minimum atomic E-state index is -0.504. The number of carbonyl (C=O) groups is 1. The standard InChI is InChI=1S/C11H13NO2.Ac/c1-8-3-5-9(6-4-8)10(12)7-11(13)14-2;/h3-7H,1-2H3,(H2,12,13);/p-1. The number of carbonyl (C=O) groups excluding carboxylic acids is 1. The van der Waals surface area contributed by atoms with Gasteiger partial charge in [-0.25, -0.2) is 4.79 Å². The van der Waals surface area contributed by atoms with Crippen molar-refractivity contribution in [1.82, 2.24) is 0 Å². The van der Waals surface area contributed by atoms with Crippen LogP contribution in [0.15, 0.2) is 30.3 Å². The summed E-state index contributed by atoms with van der Waals surface area (Å²) in [6.07, 6.45) is 1.16. The molecule has 1 aromatic carbocycles. The average Bonchev–Trinajstić information content (AvgIpc) is 2.18. The maximum Gasteiger partial charge on any atom is 0.329 e. The number of hydrogen-bond donors (Lipinski definition) is 0. The molecule has 0 aliphatic carbocycles. The van der Waals surface area contributed by atoms with Gasteiger partial charge in [-0.2, -0.15) is 0 Å². The van der Waals surface area contributed by atoms with Gasteiger partial charge in [-0.05, 0) is 12.5 Å². The topological polar surface area (TPSA) is 50.1 Å². The van der Waals surface area contributed by atoms with Crippen molar-refractivity contribution < 1.29 is 53.6 Å². The van der Waals surface area contributed by atoms with E-state index in [2.05, 4.69) is 4.74 Å². The first-order valence-corrected chi connectivity index (χ1v) is 4.22. The molecule has 0 spiro atoms. The molecule has 0 aliphatic heterocycles. The number of aryl methyl sites for hydroxylation is 1. The Balaban J connectivity index is 0.00000196. The fourth-order valence-corrected chi connectivity index (χ4v) is 0.993. The molecule has 1 rings (SSSR count). The van der Waals surface area contributed by atoms with Gasteiger partial charge in [0.15, 0.2) is 0 Å². The van der Waals surface area contributed by atoms with Crippen molar-refractivity contribution in [3.63, 3.8) is 0 Å². The summed E-state index contributed by atoms with van der Waals surface area (Å²) < 4.78 is 4.43. The Morgan fingerprint density at radius 3 is 2.33 bits per heavy atom.